The van der Waals surface area contributed by atoms with E-state index < -0.39 is 0 Å². The van der Waals surface area contributed by atoms with E-state index in [1.54, 1.807) is 0 Å². The molecule has 7 nitrogen and oxygen atoms in total. The zero-order valence-corrected chi connectivity index (χ0v) is 14.5. The summed E-state index contributed by atoms with van der Waals surface area (Å²) in [6, 6.07) is 15.3. The molecule has 0 amide bonds. The number of hydrogen-bond acceptors (Lipinski definition) is 7. The Labute approximate surface area is 154 Å². The van der Waals surface area contributed by atoms with Gasteiger partial charge < -0.3 is 18.7 Å². The molecule has 0 unspecified atom stereocenters. The summed E-state index contributed by atoms with van der Waals surface area (Å²) in [5.74, 6) is 2.92. The number of nitrogens with zero attached hydrogens (tertiary/aromatic N) is 3. The second kappa shape index (κ2) is 6.28. The Morgan fingerprint density at radius 2 is 1.93 bits per heavy atom. The third kappa shape index (κ3) is 2.93. The van der Waals surface area contributed by atoms with Crippen LogP contribution in [0.15, 0.2) is 53.1 Å². The van der Waals surface area contributed by atoms with Gasteiger partial charge in [0, 0.05) is 16.6 Å². The molecule has 0 aliphatic carbocycles. The molecule has 0 spiro atoms. The van der Waals surface area contributed by atoms with Crippen LogP contribution in [0.25, 0.3) is 22.3 Å². The quantitative estimate of drug-likeness (QED) is 0.545. The van der Waals surface area contributed by atoms with Crippen molar-refractivity contribution in [3.8, 4) is 28.6 Å². The number of fused-ring (bicyclic) bond motifs is 2. The van der Waals surface area contributed by atoms with Gasteiger partial charge in [0.1, 0.15) is 11.3 Å². The first-order valence-electron chi connectivity index (χ1n) is 8.48. The van der Waals surface area contributed by atoms with Crippen molar-refractivity contribution in [1.82, 2.24) is 15.1 Å². The van der Waals surface area contributed by atoms with Gasteiger partial charge in [0.05, 0.1) is 0 Å². The molecule has 3 heterocycles. The Morgan fingerprint density at radius 3 is 2.89 bits per heavy atom. The number of para-hydroxylation sites is 1. The van der Waals surface area contributed by atoms with Crippen LogP contribution in [0.4, 0.5) is 0 Å². The summed E-state index contributed by atoms with van der Waals surface area (Å²) in [5.41, 5.74) is 2.53. The minimum absolute atomic E-state index is 0.159. The second-order valence-corrected chi connectivity index (χ2v) is 6.15. The fourth-order valence-electron chi connectivity index (χ4n) is 2.94. The van der Waals surface area contributed by atoms with Gasteiger partial charge in [-0.3, -0.25) is 0 Å². The summed E-state index contributed by atoms with van der Waals surface area (Å²) in [6.45, 7) is 2.33. The van der Waals surface area contributed by atoms with Crippen LogP contribution >= 0.6 is 0 Å². The van der Waals surface area contributed by atoms with E-state index in [-0.39, 0.29) is 13.4 Å². The number of hydrogen-bond donors (Lipinski definition) is 0. The number of rotatable bonds is 4. The van der Waals surface area contributed by atoms with Crippen molar-refractivity contribution in [2.45, 2.75) is 13.5 Å². The fourth-order valence-corrected chi connectivity index (χ4v) is 2.94. The molecule has 27 heavy (non-hydrogen) atoms. The highest BCUT2D eigenvalue weighted by atomic mass is 16.7. The minimum Gasteiger partial charge on any atom is -0.481 e. The van der Waals surface area contributed by atoms with Crippen LogP contribution < -0.4 is 14.2 Å². The molecule has 5 rings (SSSR count). The number of pyridine rings is 1. The highest BCUT2D eigenvalue weighted by Gasteiger charge is 2.17. The summed E-state index contributed by atoms with van der Waals surface area (Å²) in [7, 11) is 0. The second-order valence-electron chi connectivity index (χ2n) is 6.15. The predicted octanol–water partition coefficient (Wildman–Crippen LogP) is 3.90. The highest BCUT2D eigenvalue weighted by molar-refractivity contribution is 5.84. The zero-order chi connectivity index (χ0) is 18.2. The van der Waals surface area contributed by atoms with Crippen molar-refractivity contribution in [2.75, 3.05) is 6.79 Å². The van der Waals surface area contributed by atoms with Crippen molar-refractivity contribution < 1.29 is 18.7 Å². The fraction of sp³-hybridized carbons (Fsp3) is 0.150. The number of benzene rings is 2. The summed E-state index contributed by atoms with van der Waals surface area (Å²) in [6.07, 6.45) is 0. The maximum atomic E-state index is 5.88. The molecular formula is C20H15N3O4. The van der Waals surface area contributed by atoms with Crippen LogP contribution in [0.1, 0.15) is 11.6 Å². The topological polar surface area (TPSA) is 79.5 Å². The van der Waals surface area contributed by atoms with Gasteiger partial charge in [-0.05, 0) is 37.3 Å². The third-order valence-electron chi connectivity index (χ3n) is 4.27. The van der Waals surface area contributed by atoms with Crippen molar-refractivity contribution in [3.63, 3.8) is 0 Å². The zero-order valence-electron chi connectivity index (χ0n) is 14.5. The lowest BCUT2D eigenvalue weighted by molar-refractivity contribution is 0.174. The Balaban J connectivity index is 1.36. The smallest absolute Gasteiger partial charge is 0.264 e. The maximum Gasteiger partial charge on any atom is 0.264 e. The van der Waals surface area contributed by atoms with E-state index in [1.807, 2.05) is 55.5 Å². The summed E-state index contributed by atoms with van der Waals surface area (Å²) in [4.78, 5) is 8.96. The first kappa shape index (κ1) is 15.6. The largest absolute Gasteiger partial charge is 0.481 e. The van der Waals surface area contributed by atoms with E-state index in [0.29, 0.717) is 29.0 Å². The lowest BCUT2D eigenvalue weighted by atomic mass is 10.2. The Hall–Kier alpha value is -3.61. The average Bonchev–Trinajstić information content (AvgIpc) is 3.35. The van der Waals surface area contributed by atoms with Gasteiger partial charge in [-0.25, -0.2) is 4.98 Å². The van der Waals surface area contributed by atoms with Crippen LogP contribution in [0.5, 0.6) is 17.2 Å². The van der Waals surface area contributed by atoms with Crippen LogP contribution in [0, 0.1) is 6.92 Å². The summed E-state index contributed by atoms with van der Waals surface area (Å²) in [5, 5.41) is 5.04. The number of aromatic nitrogens is 3. The molecule has 1 aliphatic rings. The summed E-state index contributed by atoms with van der Waals surface area (Å²) >= 11 is 0. The van der Waals surface area contributed by atoms with E-state index in [4.69, 9.17) is 18.7 Å². The third-order valence-corrected chi connectivity index (χ3v) is 4.27. The molecule has 0 atom stereocenters. The molecule has 0 saturated heterocycles. The van der Waals surface area contributed by atoms with Crippen LogP contribution in [-0.2, 0) is 6.61 Å². The average molecular weight is 361 g/mol. The molecule has 2 aromatic heterocycles. The van der Waals surface area contributed by atoms with Crippen molar-refractivity contribution in [2.24, 2.45) is 0 Å². The van der Waals surface area contributed by atoms with E-state index in [0.717, 1.165) is 22.2 Å². The van der Waals surface area contributed by atoms with E-state index in [1.165, 1.54) is 0 Å². The molecule has 0 radical (unpaired) electrons. The molecular weight excluding hydrogens is 346 g/mol. The molecule has 4 aromatic rings. The molecule has 1 aliphatic heterocycles. The first-order chi connectivity index (χ1) is 13.3. The van der Waals surface area contributed by atoms with Gasteiger partial charge in [-0.1, -0.05) is 23.4 Å². The van der Waals surface area contributed by atoms with Gasteiger partial charge in [0.15, 0.2) is 18.1 Å². The number of aryl methyl sites for hydroxylation is 1. The van der Waals surface area contributed by atoms with Crippen LogP contribution in [-0.4, -0.2) is 21.9 Å². The Bertz CT molecular complexity index is 1140. The first-order valence-corrected chi connectivity index (χ1v) is 8.48. The molecule has 2 aromatic carbocycles. The van der Waals surface area contributed by atoms with Crippen molar-refractivity contribution in [3.05, 3.63) is 60.1 Å². The Morgan fingerprint density at radius 1 is 1.00 bits per heavy atom. The van der Waals surface area contributed by atoms with Crippen molar-refractivity contribution in [1.29, 1.82) is 0 Å². The summed E-state index contributed by atoms with van der Waals surface area (Å²) < 4.78 is 21.9. The highest BCUT2D eigenvalue weighted by Crippen LogP contribution is 2.35. The van der Waals surface area contributed by atoms with Gasteiger partial charge in [0.25, 0.3) is 5.89 Å². The lowest BCUT2D eigenvalue weighted by Crippen LogP contribution is -1.97. The molecule has 7 heteroatoms. The van der Waals surface area contributed by atoms with Gasteiger partial charge >= 0.3 is 0 Å². The number of ether oxygens (including phenoxy) is 3. The SMILES string of the molecule is Cc1ccc2cccc(OCc3nc(-c4ccc5c(c4)OCO5)no3)c2n1. The van der Waals surface area contributed by atoms with E-state index in [9.17, 15) is 0 Å². The van der Waals surface area contributed by atoms with E-state index >= 15 is 0 Å². The van der Waals surface area contributed by atoms with Gasteiger partial charge in [-0.15, -0.1) is 0 Å². The Kier molecular flexibility index (Phi) is 3.64. The molecule has 0 N–H and O–H groups in total. The predicted molar refractivity (Wildman–Crippen MR) is 96.7 cm³/mol. The van der Waals surface area contributed by atoms with Gasteiger partial charge in [-0.2, -0.15) is 4.98 Å². The van der Waals surface area contributed by atoms with Crippen LogP contribution in [0.2, 0.25) is 0 Å². The van der Waals surface area contributed by atoms with Gasteiger partial charge in [0.2, 0.25) is 12.6 Å². The molecule has 0 bridgehead atoms. The lowest BCUT2D eigenvalue weighted by Gasteiger charge is -2.07. The molecule has 0 fully saturated rings. The van der Waals surface area contributed by atoms with E-state index in [2.05, 4.69) is 15.1 Å². The van der Waals surface area contributed by atoms with Crippen molar-refractivity contribution >= 4 is 10.9 Å². The standard InChI is InChI=1S/C20H15N3O4/c1-12-5-6-13-3-2-4-16(19(13)21-12)24-10-18-22-20(23-27-18)14-7-8-15-17(9-14)26-11-25-15/h2-9H,10-11H2,1H3. The van der Waals surface area contributed by atoms with Crippen LogP contribution in [0.3, 0.4) is 0 Å². The monoisotopic (exact) mass is 361 g/mol. The maximum absolute atomic E-state index is 5.88. The minimum atomic E-state index is 0.159. The molecule has 134 valence electrons. The molecule has 0 saturated carbocycles. The normalized spacial score (nSPS) is 12.5.